The van der Waals surface area contributed by atoms with Crippen LogP contribution in [0.4, 0.5) is 0 Å². The maximum Gasteiger partial charge on any atom is 0.307 e. The molecule has 18 heavy (non-hydrogen) atoms. The van der Waals surface area contributed by atoms with Gasteiger partial charge < -0.3 is 5.11 Å². The number of fused-ring (bicyclic) bond motifs is 2. The number of carboxylic acids is 1. The van der Waals surface area contributed by atoms with Gasteiger partial charge in [0.25, 0.3) is 0 Å². The van der Waals surface area contributed by atoms with E-state index in [4.69, 9.17) is 0 Å². The van der Waals surface area contributed by atoms with Gasteiger partial charge in [0.2, 0.25) is 0 Å². The van der Waals surface area contributed by atoms with Gasteiger partial charge in [-0.05, 0) is 31.1 Å². The highest BCUT2D eigenvalue weighted by Crippen LogP contribution is 2.53. The molecule has 2 bridgehead atoms. The number of carbonyl (C=O) groups is 2. The molecule has 1 N–H and O–H groups in total. The summed E-state index contributed by atoms with van der Waals surface area (Å²) in [5.74, 6) is -1.04. The molecule has 3 heteroatoms. The van der Waals surface area contributed by atoms with Crippen LogP contribution in [0.15, 0.2) is 30.3 Å². The molecule has 1 aromatic carbocycles. The van der Waals surface area contributed by atoms with E-state index in [1.807, 2.05) is 18.2 Å². The van der Waals surface area contributed by atoms with Gasteiger partial charge in [0.1, 0.15) is 0 Å². The predicted molar refractivity (Wildman–Crippen MR) is 66.2 cm³/mol. The lowest BCUT2D eigenvalue weighted by Crippen LogP contribution is -2.34. The number of rotatable bonds is 3. The molecule has 0 spiro atoms. The summed E-state index contributed by atoms with van der Waals surface area (Å²) in [5.41, 5.74) is 0.654. The average molecular weight is 244 g/mol. The van der Waals surface area contributed by atoms with Crippen LogP contribution in [0.1, 0.15) is 29.6 Å². The number of Topliss-reactive ketones (excluding diaryl/α,β-unsaturated/α-hetero) is 1. The third-order valence-corrected chi connectivity index (χ3v) is 4.56. The van der Waals surface area contributed by atoms with Crippen molar-refractivity contribution in [3.8, 4) is 0 Å². The Kier molecular flexibility index (Phi) is 2.69. The van der Waals surface area contributed by atoms with Crippen LogP contribution in [0.5, 0.6) is 0 Å². The zero-order chi connectivity index (χ0) is 12.7. The maximum absolute atomic E-state index is 12.5. The van der Waals surface area contributed by atoms with E-state index in [-0.39, 0.29) is 23.5 Å². The topological polar surface area (TPSA) is 54.4 Å². The Morgan fingerprint density at radius 1 is 1.00 bits per heavy atom. The van der Waals surface area contributed by atoms with Crippen LogP contribution in [-0.2, 0) is 4.79 Å². The molecular formula is C15H16O3. The lowest BCUT2D eigenvalue weighted by Gasteiger charge is -2.26. The number of carbonyl (C=O) groups excluding carboxylic acids is 1. The summed E-state index contributed by atoms with van der Waals surface area (Å²) in [4.78, 5) is 23.9. The SMILES string of the molecule is O=C(O)[C@@H]1[C@H]2CC[C@@H](C2)[C@H]1C(=O)c1ccccc1. The van der Waals surface area contributed by atoms with Crippen molar-refractivity contribution in [3.63, 3.8) is 0 Å². The number of hydrogen-bond acceptors (Lipinski definition) is 2. The molecule has 0 amide bonds. The van der Waals surface area contributed by atoms with E-state index in [1.165, 1.54) is 0 Å². The van der Waals surface area contributed by atoms with Gasteiger partial charge in [-0.1, -0.05) is 30.3 Å². The van der Waals surface area contributed by atoms with Crippen LogP contribution in [0.2, 0.25) is 0 Å². The molecular weight excluding hydrogens is 228 g/mol. The summed E-state index contributed by atoms with van der Waals surface area (Å²) >= 11 is 0. The number of benzene rings is 1. The van der Waals surface area contributed by atoms with Gasteiger partial charge >= 0.3 is 5.97 Å². The smallest absolute Gasteiger partial charge is 0.307 e. The largest absolute Gasteiger partial charge is 0.481 e. The Morgan fingerprint density at radius 2 is 1.61 bits per heavy atom. The van der Waals surface area contributed by atoms with E-state index in [1.54, 1.807) is 12.1 Å². The van der Waals surface area contributed by atoms with E-state index < -0.39 is 11.9 Å². The van der Waals surface area contributed by atoms with Gasteiger partial charge in [-0.25, -0.2) is 0 Å². The summed E-state index contributed by atoms with van der Waals surface area (Å²) in [5, 5.41) is 9.35. The molecule has 4 atom stereocenters. The molecule has 94 valence electrons. The molecule has 2 saturated carbocycles. The van der Waals surface area contributed by atoms with Crippen molar-refractivity contribution in [3.05, 3.63) is 35.9 Å². The number of aliphatic carboxylic acids is 1. The van der Waals surface area contributed by atoms with Crippen molar-refractivity contribution in [1.82, 2.24) is 0 Å². The van der Waals surface area contributed by atoms with Gasteiger partial charge in [-0.2, -0.15) is 0 Å². The minimum Gasteiger partial charge on any atom is -0.481 e. The summed E-state index contributed by atoms with van der Waals surface area (Å²) in [6.45, 7) is 0. The summed E-state index contributed by atoms with van der Waals surface area (Å²) < 4.78 is 0. The fraction of sp³-hybridized carbons (Fsp3) is 0.467. The average Bonchev–Trinajstić information content (AvgIpc) is 2.99. The van der Waals surface area contributed by atoms with Crippen molar-refractivity contribution in [2.75, 3.05) is 0 Å². The Morgan fingerprint density at radius 3 is 2.22 bits per heavy atom. The summed E-state index contributed by atoms with van der Waals surface area (Å²) in [6, 6.07) is 9.10. The molecule has 2 aliphatic carbocycles. The standard InChI is InChI=1S/C15H16O3/c16-14(9-4-2-1-3-5-9)12-10-6-7-11(8-10)13(12)15(17)18/h1-5,10-13H,6-8H2,(H,17,18)/t10-,11-,12+,13+/m0/s1. The Hall–Kier alpha value is -1.64. The van der Waals surface area contributed by atoms with E-state index in [0.717, 1.165) is 19.3 Å². The van der Waals surface area contributed by atoms with Gasteiger partial charge in [-0.3, -0.25) is 9.59 Å². The highest BCUT2D eigenvalue weighted by molar-refractivity contribution is 6.00. The molecule has 2 aliphatic rings. The maximum atomic E-state index is 12.5. The second-order valence-electron chi connectivity index (χ2n) is 5.45. The monoisotopic (exact) mass is 244 g/mol. The third-order valence-electron chi connectivity index (χ3n) is 4.56. The van der Waals surface area contributed by atoms with Crippen LogP contribution in [0.25, 0.3) is 0 Å². The first-order valence-electron chi connectivity index (χ1n) is 6.50. The molecule has 0 aliphatic heterocycles. The first-order valence-corrected chi connectivity index (χ1v) is 6.50. The molecule has 0 heterocycles. The quantitative estimate of drug-likeness (QED) is 0.831. The normalized spacial score (nSPS) is 33.6. The lowest BCUT2D eigenvalue weighted by molar-refractivity contribution is -0.144. The molecule has 0 radical (unpaired) electrons. The number of carboxylic acid groups (broad SMARTS) is 1. The van der Waals surface area contributed by atoms with Crippen LogP contribution in [0.3, 0.4) is 0 Å². The van der Waals surface area contributed by atoms with E-state index in [9.17, 15) is 14.7 Å². The van der Waals surface area contributed by atoms with Crippen molar-refractivity contribution in [2.45, 2.75) is 19.3 Å². The zero-order valence-electron chi connectivity index (χ0n) is 10.1. The second kappa shape index (κ2) is 4.23. The first-order chi connectivity index (χ1) is 8.68. The van der Waals surface area contributed by atoms with Crippen LogP contribution in [0, 0.1) is 23.7 Å². The molecule has 0 saturated heterocycles. The molecule has 1 aromatic rings. The fourth-order valence-electron chi connectivity index (χ4n) is 3.82. The zero-order valence-corrected chi connectivity index (χ0v) is 10.1. The van der Waals surface area contributed by atoms with Crippen molar-refractivity contribution in [1.29, 1.82) is 0 Å². The Labute approximate surface area is 106 Å². The second-order valence-corrected chi connectivity index (χ2v) is 5.45. The minimum atomic E-state index is -0.795. The predicted octanol–water partition coefficient (Wildman–Crippen LogP) is 2.62. The Balaban J connectivity index is 1.91. The van der Waals surface area contributed by atoms with E-state index in [0.29, 0.717) is 5.56 Å². The highest BCUT2D eigenvalue weighted by Gasteiger charge is 2.53. The molecule has 3 rings (SSSR count). The molecule has 3 nitrogen and oxygen atoms in total. The van der Waals surface area contributed by atoms with E-state index >= 15 is 0 Å². The first kappa shape index (κ1) is 11.5. The van der Waals surface area contributed by atoms with Crippen molar-refractivity contribution in [2.24, 2.45) is 23.7 Å². The van der Waals surface area contributed by atoms with Crippen LogP contribution in [-0.4, -0.2) is 16.9 Å². The summed E-state index contributed by atoms with van der Waals surface area (Å²) in [7, 11) is 0. The highest BCUT2D eigenvalue weighted by atomic mass is 16.4. The van der Waals surface area contributed by atoms with Gasteiger partial charge in [-0.15, -0.1) is 0 Å². The van der Waals surface area contributed by atoms with Gasteiger partial charge in [0.05, 0.1) is 5.92 Å². The van der Waals surface area contributed by atoms with Crippen molar-refractivity contribution >= 4 is 11.8 Å². The third kappa shape index (κ3) is 1.65. The molecule has 2 fully saturated rings. The number of ketones is 1. The minimum absolute atomic E-state index is 0.0233. The van der Waals surface area contributed by atoms with Gasteiger partial charge in [0, 0.05) is 11.5 Å². The molecule has 0 unspecified atom stereocenters. The van der Waals surface area contributed by atoms with Gasteiger partial charge in [0.15, 0.2) is 5.78 Å². The fourth-order valence-corrected chi connectivity index (χ4v) is 3.82. The van der Waals surface area contributed by atoms with Crippen molar-refractivity contribution < 1.29 is 14.7 Å². The summed E-state index contributed by atoms with van der Waals surface area (Å²) in [6.07, 6.45) is 2.90. The number of hydrogen-bond donors (Lipinski definition) is 1. The van der Waals surface area contributed by atoms with Crippen LogP contribution < -0.4 is 0 Å². The lowest BCUT2D eigenvalue weighted by atomic mass is 9.75. The van der Waals surface area contributed by atoms with E-state index in [2.05, 4.69) is 0 Å². The Bertz CT molecular complexity index is 480. The molecule has 0 aromatic heterocycles. The van der Waals surface area contributed by atoms with Crippen LogP contribution >= 0.6 is 0 Å².